The van der Waals surface area contributed by atoms with Crippen LogP contribution in [0.15, 0.2) is 34.9 Å². The molecule has 0 aliphatic rings. The summed E-state index contributed by atoms with van der Waals surface area (Å²) in [5.74, 6) is -1.03. The van der Waals surface area contributed by atoms with E-state index in [2.05, 4.69) is 10.5 Å². The molecule has 0 radical (unpaired) electrons. The third-order valence-corrected chi connectivity index (χ3v) is 4.61. The first-order valence-electron chi connectivity index (χ1n) is 7.66. The van der Waals surface area contributed by atoms with Gasteiger partial charge in [0.05, 0.1) is 10.4 Å². The molecule has 0 saturated carbocycles. The number of halogens is 1. The maximum atomic E-state index is 12.2. The Morgan fingerprint density at radius 3 is 2.54 bits per heavy atom. The van der Waals surface area contributed by atoms with E-state index < -0.39 is 17.3 Å². The maximum Gasteiger partial charge on any atom is 0.311 e. The van der Waals surface area contributed by atoms with Crippen LogP contribution in [-0.4, -0.2) is 28.7 Å². The molecule has 1 aromatic heterocycles. The van der Waals surface area contributed by atoms with Crippen molar-refractivity contribution >= 4 is 23.5 Å². The number of carbonyl (C=O) groups excluding carboxylic acids is 1. The summed E-state index contributed by atoms with van der Waals surface area (Å²) in [6, 6.07) is 8.54. The summed E-state index contributed by atoms with van der Waals surface area (Å²) in [5, 5.41) is 16.2. The van der Waals surface area contributed by atoms with E-state index in [1.54, 1.807) is 38.1 Å². The van der Waals surface area contributed by atoms with Crippen molar-refractivity contribution < 1.29 is 19.2 Å². The van der Waals surface area contributed by atoms with Crippen molar-refractivity contribution in [2.75, 3.05) is 6.54 Å². The van der Waals surface area contributed by atoms with Gasteiger partial charge in [-0.15, -0.1) is 0 Å². The summed E-state index contributed by atoms with van der Waals surface area (Å²) in [6.45, 7) is 3.60. The third-order valence-electron chi connectivity index (χ3n) is 4.28. The van der Waals surface area contributed by atoms with Gasteiger partial charge in [-0.1, -0.05) is 42.7 Å². The normalized spacial score (nSPS) is 11.3. The van der Waals surface area contributed by atoms with Gasteiger partial charge in [-0.25, -0.2) is 0 Å². The van der Waals surface area contributed by atoms with E-state index >= 15 is 0 Å². The summed E-state index contributed by atoms with van der Waals surface area (Å²) in [6.07, 6.45) is 0.839. The highest BCUT2D eigenvalue weighted by molar-refractivity contribution is 6.33. The molecule has 0 unspecified atom stereocenters. The zero-order valence-electron chi connectivity index (χ0n) is 13.5. The Hall–Kier alpha value is -2.34. The fraction of sp³-hybridized carbons (Fsp3) is 0.353. The van der Waals surface area contributed by atoms with Crippen LogP contribution in [-0.2, 0) is 4.79 Å². The monoisotopic (exact) mass is 350 g/mol. The molecular weight excluding hydrogens is 332 g/mol. The molecule has 2 rings (SSSR count). The molecule has 0 saturated heterocycles. The average molecular weight is 351 g/mol. The van der Waals surface area contributed by atoms with Crippen molar-refractivity contribution in [3.05, 3.63) is 41.0 Å². The summed E-state index contributed by atoms with van der Waals surface area (Å²) in [7, 11) is 0. The van der Waals surface area contributed by atoms with Gasteiger partial charge >= 0.3 is 5.97 Å². The number of hydrogen-bond acceptors (Lipinski definition) is 4. The number of rotatable bonds is 7. The molecule has 1 aromatic carbocycles. The molecule has 0 fully saturated rings. The van der Waals surface area contributed by atoms with Crippen molar-refractivity contribution in [2.45, 2.75) is 26.7 Å². The summed E-state index contributed by atoms with van der Waals surface area (Å²) >= 11 is 6.09. The highest BCUT2D eigenvalue weighted by Gasteiger charge is 2.35. The Bertz CT molecular complexity index is 738. The Labute approximate surface area is 144 Å². The Kier molecular flexibility index (Phi) is 5.62. The minimum atomic E-state index is -0.981. The second-order valence-corrected chi connectivity index (χ2v) is 5.94. The zero-order valence-corrected chi connectivity index (χ0v) is 14.3. The van der Waals surface area contributed by atoms with E-state index in [0.717, 1.165) is 0 Å². The van der Waals surface area contributed by atoms with Crippen LogP contribution in [0.3, 0.4) is 0 Å². The Balaban J connectivity index is 2.12. The van der Waals surface area contributed by atoms with Gasteiger partial charge in [0, 0.05) is 18.2 Å². The lowest BCUT2D eigenvalue weighted by Gasteiger charge is -2.26. The van der Waals surface area contributed by atoms with E-state index in [1.807, 2.05) is 0 Å². The Morgan fingerprint density at radius 2 is 1.96 bits per heavy atom. The van der Waals surface area contributed by atoms with Crippen molar-refractivity contribution in [1.29, 1.82) is 0 Å². The predicted molar refractivity (Wildman–Crippen MR) is 89.9 cm³/mol. The first-order chi connectivity index (χ1) is 11.4. The predicted octanol–water partition coefficient (Wildman–Crippen LogP) is 3.62. The highest BCUT2D eigenvalue weighted by atomic mass is 35.5. The summed E-state index contributed by atoms with van der Waals surface area (Å²) < 4.78 is 5.17. The number of hydrogen-bond donors (Lipinski definition) is 2. The third kappa shape index (κ3) is 3.59. The highest BCUT2D eigenvalue weighted by Crippen LogP contribution is 2.28. The zero-order chi connectivity index (χ0) is 17.7. The van der Waals surface area contributed by atoms with Gasteiger partial charge in [-0.2, -0.15) is 0 Å². The van der Waals surface area contributed by atoms with Crippen LogP contribution in [0.2, 0.25) is 5.02 Å². The lowest BCUT2D eigenvalue weighted by atomic mass is 9.82. The molecular formula is C17H19ClN2O4. The smallest absolute Gasteiger partial charge is 0.311 e. The van der Waals surface area contributed by atoms with Crippen LogP contribution in [0.1, 0.15) is 37.2 Å². The van der Waals surface area contributed by atoms with Gasteiger partial charge in [0.1, 0.15) is 0 Å². The molecule has 1 amide bonds. The second kappa shape index (κ2) is 7.49. The maximum absolute atomic E-state index is 12.2. The molecule has 0 aliphatic carbocycles. The molecule has 24 heavy (non-hydrogen) atoms. The molecule has 128 valence electrons. The van der Waals surface area contributed by atoms with Crippen LogP contribution in [0.25, 0.3) is 11.3 Å². The van der Waals surface area contributed by atoms with Crippen molar-refractivity contribution in [3.63, 3.8) is 0 Å². The first kappa shape index (κ1) is 18.0. The number of nitrogens with one attached hydrogen (secondary N) is 1. The van der Waals surface area contributed by atoms with Crippen LogP contribution in [0, 0.1) is 5.41 Å². The average Bonchev–Trinajstić information content (AvgIpc) is 3.06. The number of carbonyl (C=O) groups is 2. The SMILES string of the molecule is CCC(CC)(CNC(=O)c1cc(-c2ccccc2Cl)on1)C(=O)O. The minimum absolute atomic E-state index is 0.0302. The number of nitrogens with zero attached hydrogens (tertiary/aromatic N) is 1. The first-order valence-corrected chi connectivity index (χ1v) is 8.04. The van der Waals surface area contributed by atoms with Crippen LogP contribution in [0.4, 0.5) is 0 Å². The van der Waals surface area contributed by atoms with Crippen molar-refractivity contribution in [1.82, 2.24) is 10.5 Å². The summed E-state index contributed by atoms with van der Waals surface area (Å²) in [5.41, 5.74) is -0.269. The number of aromatic nitrogens is 1. The van der Waals surface area contributed by atoms with Gasteiger partial charge in [0.15, 0.2) is 11.5 Å². The molecule has 0 bridgehead atoms. The van der Waals surface area contributed by atoms with E-state index in [-0.39, 0.29) is 12.2 Å². The lowest BCUT2D eigenvalue weighted by molar-refractivity contribution is -0.149. The molecule has 2 N–H and O–H groups in total. The van der Waals surface area contributed by atoms with E-state index in [4.69, 9.17) is 16.1 Å². The number of benzene rings is 1. The standard InChI is InChI=1S/C17H19ClN2O4/c1-3-17(4-2,16(22)23)10-19-15(21)13-9-14(24-20-13)11-7-5-6-8-12(11)18/h5-9H,3-4,10H2,1-2H3,(H,19,21)(H,22,23). The van der Waals surface area contributed by atoms with Gasteiger partial charge in [-0.05, 0) is 25.0 Å². The van der Waals surface area contributed by atoms with Crippen molar-refractivity contribution in [2.24, 2.45) is 5.41 Å². The fourth-order valence-electron chi connectivity index (χ4n) is 2.39. The fourth-order valence-corrected chi connectivity index (χ4v) is 2.62. The summed E-state index contributed by atoms with van der Waals surface area (Å²) in [4.78, 5) is 23.7. The molecule has 0 spiro atoms. The second-order valence-electron chi connectivity index (χ2n) is 5.53. The largest absolute Gasteiger partial charge is 0.481 e. The van der Waals surface area contributed by atoms with Crippen molar-refractivity contribution in [3.8, 4) is 11.3 Å². The van der Waals surface area contributed by atoms with E-state index in [1.165, 1.54) is 6.07 Å². The van der Waals surface area contributed by atoms with E-state index in [0.29, 0.717) is 29.2 Å². The quantitative estimate of drug-likeness (QED) is 0.795. The Morgan fingerprint density at radius 1 is 1.29 bits per heavy atom. The van der Waals surface area contributed by atoms with Gasteiger partial charge in [0.25, 0.3) is 5.91 Å². The van der Waals surface area contributed by atoms with Crippen LogP contribution < -0.4 is 5.32 Å². The van der Waals surface area contributed by atoms with Crippen LogP contribution in [0.5, 0.6) is 0 Å². The number of carboxylic acid groups (broad SMARTS) is 1. The molecule has 7 heteroatoms. The lowest BCUT2D eigenvalue weighted by Crippen LogP contribution is -2.42. The number of carboxylic acids is 1. The number of aliphatic carboxylic acids is 1. The minimum Gasteiger partial charge on any atom is -0.481 e. The molecule has 0 atom stereocenters. The molecule has 2 aromatic rings. The number of amides is 1. The van der Waals surface area contributed by atoms with Crippen LogP contribution >= 0.6 is 11.6 Å². The van der Waals surface area contributed by atoms with Gasteiger partial charge in [0.2, 0.25) is 0 Å². The molecule has 6 nitrogen and oxygen atoms in total. The molecule has 1 heterocycles. The van der Waals surface area contributed by atoms with Gasteiger partial charge < -0.3 is 14.9 Å². The topological polar surface area (TPSA) is 92.4 Å². The van der Waals surface area contributed by atoms with Gasteiger partial charge in [-0.3, -0.25) is 9.59 Å². The molecule has 0 aliphatic heterocycles. The van der Waals surface area contributed by atoms with E-state index in [9.17, 15) is 14.7 Å².